The molecule has 2 atom stereocenters. The monoisotopic (exact) mass is 368 g/mol. The normalized spacial score (nSPS) is 22.0. The first-order chi connectivity index (χ1) is 12.4. The Morgan fingerprint density at radius 2 is 2.04 bits per heavy atom. The number of aliphatic carboxylic acids is 1. The van der Waals surface area contributed by atoms with Crippen LogP contribution in [0.1, 0.15) is 52.4 Å². The largest absolute Gasteiger partial charge is 0.481 e. The molecule has 2 fully saturated rings. The van der Waals surface area contributed by atoms with Crippen LogP contribution in [0.3, 0.4) is 0 Å². The van der Waals surface area contributed by atoms with Crippen molar-refractivity contribution in [2.45, 2.75) is 58.4 Å². The summed E-state index contributed by atoms with van der Waals surface area (Å²) in [5.74, 6) is -1.92. The lowest BCUT2D eigenvalue weighted by atomic mass is 10.1. The first kappa shape index (κ1) is 20.7. The molecule has 0 radical (unpaired) electrons. The van der Waals surface area contributed by atoms with E-state index in [1.54, 1.807) is 11.8 Å². The van der Waals surface area contributed by atoms with Crippen molar-refractivity contribution in [1.29, 1.82) is 0 Å². The van der Waals surface area contributed by atoms with Gasteiger partial charge >= 0.3 is 5.97 Å². The van der Waals surface area contributed by atoms with Crippen LogP contribution in [-0.2, 0) is 19.1 Å². The fourth-order valence-electron chi connectivity index (χ4n) is 3.93. The molecule has 26 heavy (non-hydrogen) atoms. The Balaban J connectivity index is 1.97. The molecular formula is C19H32N2O5. The number of carboxylic acid groups (broad SMARTS) is 1. The molecule has 1 N–H and O–H groups in total. The maximum Gasteiger partial charge on any atom is 0.308 e. The number of nitrogens with zero attached hydrogens (tertiary/aromatic N) is 2. The highest BCUT2D eigenvalue weighted by atomic mass is 16.5. The average molecular weight is 368 g/mol. The Kier molecular flexibility index (Phi) is 7.87. The summed E-state index contributed by atoms with van der Waals surface area (Å²) < 4.78 is 5.33. The van der Waals surface area contributed by atoms with Gasteiger partial charge in [0.15, 0.2) is 0 Å². The molecule has 0 aromatic carbocycles. The molecule has 2 aliphatic rings. The van der Waals surface area contributed by atoms with E-state index in [0.717, 1.165) is 25.7 Å². The minimum Gasteiger partial charge on any atom is -0.481 e. The van der Waals surface area contributed by atoms with Gasteiger partial charge in [0.25, 0.3) is 0 Å². The molecule has 0 aromatic heterocycles. The van der Waals surface area contributed by atoms with Crippen molar-refractivity contribution in [2.75, 3.05) is 32.8 Å². The van der Waals surface area contributed by atoms with E-state index in [4.69, 9.17) is 4.74 Å². The van der Waals surface area contributed by atoms with Crippen molar-refractivity contribution in [3.8, 4) is 0 Å². The van der Waals surface area contributed by atoms with Gasteiger partial charge < -0.3 is 19.6 Å². The number of rotatable bonds is 10. The van der Waals surface area contributed by atoms with Gasteiger partial charge in [0.05, 0.1) is 11.8 Å². The first-order valence-electron chi connectivity index (χ1n) is 9.82. The third-order valence-electron chi connectivity index (χ3n) is 5.42. The van der Waals surface area contributed by atoms with Crippen LogP contribution in [0.15, 0.2) is 0 Å². The predicted molar refractivity (Wildman–Crippen MR) is 96.6 cm³/mol. The maximum atomic E-state index is 13.0. The van der Waals surface area contributed by atoms with E-state index >= 15 is 0 Å². The van der Waals surface area contributed by atoms with Crippen LogP contribution < -0.4 is 0 Å². The van der Waals surface area contributed by atoms with Crippen LogP contribution in [0.4, 0.5) is 0 Å². The maximum absolute atomic E-state index is 13.0. The summed E-state index contributed by atoms with van der Waals surface area (Å²) in [7, 11) is 0. The lowest BCUT2D eigenvalue weighted by molar-refractivity contribution is -0.144. The average Bonchev–Trinajstić information content (AvgIpc) is 3.26. The molecule has 1 aliphatic heterocycles. The number of carboxylic acids is 1. The van der Waals surface area contributed by atoms with Crippen LogP contribution in [0.5, 0.6) is 0 Å². The Labute approximate surface area is 155 Å². The van der Waals surface area contributed by atoms with Crippen LogP contribution in [0.2, 0.25) is 0 Å². The van der Waals surface area contributed by atoms with Gasteiger partial charge in [0.1, 0.15) is 0 Å². The predicted octanol–water partition coefficient (Wildman–Crippen LogP) is 1.75. The van der Waals surface area contributed by atoms with E-state index in [0.29, 0.717) is 32.7 Å². The van der Waals surface area contributed by atoms with Crippen LogP contribution >= 0.6 is 0 Å². The number of carbonyl (C=O) groups excluding carboxylic acids is 2. The fourth-order valence-corrected chi connectivity index (χ4v) is 3.93. The molecule has 0 bridgehead atoms. The van der Waals surface area contributed by atoms with E-state index in [-0.39, 0.29) is 36.7 Å². The molecule has 1 saturated carbocycles. The molecule has 148 valence electrons. The Morgan fingerprint density at radius 1 is 1.35 bits per heavy atom. The summed E-state index contributed by atoms with van der Waals surface area (Å²) in [5, 5.41) is 9.19. The lowest BCUT2D eigenvalue weighted by Gasteiger charge is -2.28. The third kappa shape index (κ3) is 5.43. The zero-order valence-electron chi connectivity index (χ0n) is 16.0. The quantitative estimate of drug-likeness (QED) is 0.594. The van der Waals surface area contributed by atoms with Gasteiger partial charge in [-0.3, -0.25) is 14.4 Å². The molecule has 1 aliphatic carbocycles. The number of hydrogen-bond donors (Lipinski definition) is 1. The summed E-state index contributed by atoms with van der Waals surface area (Å²) in [5.41, 5.74) is 0. The van der Waals surface area contributed by atoms with Crippen LogP contribution in [0, 0.1) is 11.8 Å². The summed E-state index contributed by atoms with van der Waals surface area (Å²) >= 11 is 0. The van der Waals surface area contributed by atoms with Crippen molar-refractivity contribution < 1.29 is 24.2 Å². The molecule has 1 saturated heterocycles. The summed E-state index contributed by atoms with van der Waals surface area (Å²) in [6.45, 7) is 5.80. The number of hydrogen-bond acceptors (Lipinski definition) is 4. The van der Waals surface area contributed by atoms with Crippen LogP contribution in [0.25, 0.3) is 0 Å². The van der Waals surface area contributed by atoms with Gasteiger partial charge in [-0.25, -0.2) is 0 Å². The second kappa shape index (κ2) is 9.90. The molecule has 7 heteroatoms. The minimum absolute atomic E-state index is 0.0656. The van der Waals surface area contributed by atoms with E-state index < -0.39 is 11.9 Å². The van der Waals surface area contributed by atoms with Gasteiger partial charge in [0, 0.05) is 45.3 Å². The number of amides is 2. The van der Waals surface area contributed by atoms with E-state index in [2.05, 4.69) is 0 Å². The van der Waals surface area contributed by atoms with Gasteiger partial charge in [-0.1, -0.05) is 19.8 Å². The molecular weight excluding hydrogens is 336 g/mol. The van der Waals surface area contributed by atoms with Crippen LogP contribution in [-0.4, -0.2) is 71.6 Å². The Hall–Kier alpha value is -1.63. The highest BCUT2D eigenvalue weighted by molar-refractivity contribution is 5.89. The third-order valence-corrected chi connectivity index (χ3v) is 5.42. The summed E-state index contributed by atoms with van der Waals surface area (Å²) in [6, 6.07) is 0.282. The molecule has 0 spiro atoms. The van der Waals surface area contributed by atoms with Crippen molar-refractivity contribution in [2.24, 2.45) is 11.8 Å². The molecule has 2 unspecified atom stereocenters. The minimum atomic E-state index is -0.914. The van der Waals surface area contributed by atoms with Crippen molar-refractivity contribution in [1.82, 2.24) is 9.80 Å². The van der Waals surface area contributed by atoms with Crippen molar-refractivity contribution >= 4 is 17.8 Å². The molecule has 2 amide bonds. The van der Waals surface area contributed by atoms with Crippen molar-refractivity contribution in [3.63, 3.8) is 0 Å². The second-order valence-electron chi connectivity index (χ2n) is 7.46. The van der Waals surface area contributed by atoms with Gasteiger partial charge in [-0.15, -0.1) is 0 Å². The SMILES string of the molecule is CCOCCCN(CC(C)C(=O)O)C(=O)C1CC(=O)N(C2CCCC2)C1. The lowest BCUT2D eigenvalue weighted by Crippen LogP contribution is -2.42. The fraction of sp³-hybridized carbons (Fsp3) is 0.842. The standard InChI is InChI=1S/C19H32N2O5/c1-3-26-10-6-9-20(12-14(2)19(24)25)18(23)15-11-17(22)21(13-15)16-7-4-5-8-16/h14-16H,3-13H2,1-2H3,(H,24,25). The summed E-state index contributed by atoms with van der Waals surface area (Å²) in [6.07, 6.45) is 5.26. The summed E-state index contributed by atoms with van der Waals surface area (Å²) in [4.78, 5) is 40.1. The molecule has 7 nitrogen and oxygen atoms in total. The molecule has 1 heterocycles. The van der Waals surface area contributed by atoms with Gasteiger partial charge in [0.2, 0.25) is 11.8 Å². The first-order valence-corrected chi connectivity index (χ1v) is 9.82. The van der Waals surface area contributed by atoms with E-state index in [1.165, 1.54) is 0 Å². The topological polar surface area (TPSA) is 87.1 Å². The molecule has 0 aromatic rings. The number of likely N-dealkylation sites (tertiary alicyclic amines) is 1. The van der Waals surface area contributed by atoms with Gasteiger partial charge in [-0.2, -0.15) is 0 Å². The van der Waals surface area contributed by atoms with E-state index in [9.17, 15) is 19.5 Å². The highest BCUT2D eigenvalue weighted by Gasteiger charge is 2.40. The Morgan fingerprint density at radius 3 is 2.65 bits per heavy atom. The zero-order chi connectivity index (χ0) is 19.1. The zero-order valence-corrected chi connectivity index (χ0v) is 16.0. The Bertz CT molecular complexity index is 504. The van der Waals surface area contributed by atoms with Gasteiger partial charge in [-0.05, 0) is 26.2 Å². The highest BCUT2D eigenvalue weighted by Crippen LogP contribution is 2.30. The number of carbonyl (C=O) groups is 3. The second-order valence-corrected chi connectivity index (χ2v) is 7.46. The van der Waals surface area contributed by atoms with Crippen molar-refractivity contribution in [3.05, 3.63) is 0 Å². The number of ether oxygens (including phenoxy) is 1. The van der Waals surface area contributed by atoms with E-state index in [1.807, 2.05) is 11.8 Å². The molecule has 2 rings (SSSR count). The smallest absolute Gasteiger partial charge is 0.308 e.